The highest BCUT2D eigenvalue weighted by Crippen LogP contribution is 2.23. The van der Waals surface area contributed by atoms with Crippen LogP contribution in [0.4, 0.5) is 0 Å². The lowest BCUT2D eigenvalue weighted by Gasteiger charge is -2.10. The second kappa shape index (κ2) is 10.2. The first-order chi connectivity index (χ1) is 10.6. The van der Waals surface area contributed by atoms with Gasteiger partial charge in [-0.25, -0.2) is 0 Å². The lowest BCUT2D eigenvalue weighted by atomic mass is 10.2. The predicted molar refractivity (Wildman–Crippen MR) is 85.6 cm³/mol. The molecule has 0 amide bonds. The molecule has 0 radical (unpaired) electrons. The smallest absolute Gasteiger partial charge is 0.306 e. The lowest BCUT2D eigenvalue weighted by Crippen LogP contribution is -2.11. The van der Waals surface area contributed by atoms with Crippen LogP contribution in [0, 0.1) is 0 Å². The van der Waals surface area contributed by atoms with Crippen molar-refractivity contribution >= 4 is 27.9 Å². The van der Waals surface area contributed by atoms with E-state index >= 15 is 0 Å². The van der Waals surface area contributed by atoms with Gasteiger partial charge in [-0.05, 0) is 24.6 Å². The first kappa shape index (κ1) is 18.5. The molecule has 0 heterocycles. The topological polar surface area (TPSA) is 61.8 Å². The van der Waals surface area contributed by atoms with Gasteiger partial charge in [-0.2, -0.15) is 0 Å². The number of hydrogen-bond donors (Lipinski definition) is 0. The summed E-state index contributed by atoms with van der Waals surface area (Å²) in [5.41, 5.74) is 0.760. The van der Waals surface area contributed by atoms with Gasteiger partial charge in [-0.3, -0.25) is 9.59 Å². The fourth-order valence-corrected chi connectivity index (χ4v) is 2.11. The van der Waals surface area contributed by atoms with Gasteiger partial charge in [0.25, 0.3) is 0 Å². The van der Waals surface area contributed by atoms with Crippen LogP contribution < -0.4 is 4.74 Å². The molecule has 0 aromatic heterocycles. The Balaban J connectivity index is 2.34. The van der Waals surface area contributed by atoms with Crippen molar-refractivity contribution in [3.8, 4) is 5.75 Å². The van der Waals surface area contributed by atoms with Crippen molar-refractivity contribution in [1.82, 2.24) is 0 Å². The summed E-state index contributed by atoms with van der Waals surface area (Å²) in [4.78, 5) is 23.0. The highest BCUT2D eigenvalue weighted by molar-refractivity contribution is 9.10. The molecule has 0 saturated heterocycles. The molecule has 1 aromatic rings. The molecule has 0 saturated carbocycles. The van der Waals surface area contributed by atoms with Crippen LogP contribution >= 0.6 is 15.9 Å². The second-order valence-electron chi connectivity index (χ2n) is 4.69. The van der Waals surface area contributed by atoms with Crippen molar-refractivity contribution in [1.29, 1.82) is 0 Å². The van der Waals surface area contributed by atoms with Crippen molar-refractivity contribution in [2.24, 2.45) is 0 Å². The maximum Gasteiger partial charge on any atom is 0.306 e. The van der Waals surface area contributed by atoms with E-state index in [1.54, 1.807) is 13.2 Å². The van der Waals surface area contributed by atoms with Gasteiger partial charge >= 0.3 is 11.9 Å². The van der Waals surface area contributed by atoms with Gasteiger partial charge in [-0.15, -0.1) is 0 Å². The summed E-state index contributed by atoms with van der Waals surface area (Å²) in [6.45, 7) is 2.52. The number of unbranched alkanes of at least 4 members (excludes halogenated alkanes) is 1. The Morgan fingerprint density at radius 3 is 2.45 bits per heavy atom. The molecule has 6 heteroatoms. The molecule has 0 aliphatic heterocycles. The molecular formula is C16H21BrO5. The minimum Gasteiger partial charge on any atom is -0.496 e. The van der Waals surface area contributed by atoms with Crippen molar-refractivity contribution < 1.29 is 23.8 Å². The first-order valence-electron chi connectivity index (χ1n) is 7.20. The van der Waals surface area contributed by atoms with Gasteiger partial charge in [-0.1, -0.05) is 29.3 Å². The Labute approximate surface area is 139 Å². The van der Waals surface area contributed by atoms with Crippen LogP contribution in [0.25, 0.3) is 0 Å². The summed E-state index contributed by atoms with van der Waals surface area (Å²) >= 11 is 3.36. The summed E-state index contributed by atoms with van der Waals surface area (Å²) in [5.74, 6) is -0.158. The van der Waals surface area contributed by atoms with E-state index in [-0.39, 0.29) is 25.4 Å². The highest BCUT2D eigenvalue weighted by Gasteiger charge is 2.11. The van der Waals surface area contributed by atoms with Gasteiger partial charge in [0, 0.05) is 10.0 Å². The SMILES string of the molecule is CCCCOC(=O)CCC(=O)OCc1cc(Br)ccc1OC. The van der Waals surface area contributed by atoms with E-state index in [2.05, 4.69) is 15.9 Å². The molecule has 0 aliphatic rings. The van der Waals surface area contributed by atoms with Crippen LogP contribution in [0.1, 0.15) is 38.2 Å². The van der Waals surface area contributed by atoms with Gasteiger partial charge in [0.1, 0.15) is 12.4 Å². The molecule has 22 heavy (non-hydrogen) atoms. The van der Waals surface area contributed by atoms with E-state index in [1.165, 1.54) is 0 Å². The maximum absolute atomic E-state index is 11.7. The monoisotopic (exact) mass is 372 g/mol. The average Bonchev–Trinajstić information content (AvgIpc) is 2.51. The number of halogens is 1. The Morgan fingerprint density at radius 1 is 1.14 bits per heavy atom. The maximum atomic E-state index is 11.7. The molecule has 0 fully saturated rings. The number of esters is 2. The fourth-order valence-electron chi connectivity index (χ4n) is 1.70. The third-order valence-corrected chi connectivity index (χ3v) is 3.42. The van der Waals surface area contributed by atoms with E-state index in [0.29, 0.717) is 12.4 Å². The van der Waals surface area contributed by atoms with Crippen molar-refractivity contribution in [2.75, 3.05) is 13.7 Å². The molecule has 0 aliphatic carbocycles. The zero-order chi connectivity index (χ0) is 16.4. The van der Waals surface area contributed by atoms with E-state index < -0.39 is 5.97 Å². The van der Waals surface area contributed by atoms with Gasteiger partial charge in [0.05, 0.1) is 26.6 Å². The zero-order valence-corrected chi connectivity index (χ0v) is 14.5. The molecule has 0 spiro atoms. The van der Waals surface area contributed by atoms with Gasteiger partial charge < -0.3 is 14.2 Å². The van der Waals surface area contributed by atoms with Crippen LogP contribution in [0.2, 0.25) is 0 Å². The summed E-state index contributed by atoms with van der Waals surface area (Å²) in [7, 11) is 1.56. The molecule has 0 N–H and O–H groups in total. The van der Waals surface area contributed by atoms with Crippen molar-refractivity contribution in [3.05, 3.63) is 28.2 Å². The second-order valence-corrected chi connectivity index (χ2v) is 5.61. The van der Waals surface area contributed by atoms with E-state index in [0.717, 1.165) is 22.9 Å². The summed E-state index contributed by atoms with van der Waals surface area (Å²) in [6.07, 6.45) is 1.85. The first-order valence-corrected chi connectivity index (χ1v) is 7.99. The lowest BCUT2D eigenvalue weighted by molar-refractivity contribution is -0.151. The number of carbonyl (C=O) groups is 2. The number of hydrogen-bond acceptors (Lipinski definition) is 5. The van der Waals surface area contributed by atoms with Crippen molar-refractivity contribution in [3.63, 3.8) is 0 Å². The summed E-state index contributed by atoms with van der Waals surface area (Å²) in [6, 6.07) is 5.46. The van der Waals surface area contributed by atoms with E-state index in [9.17, 15) is 9.59 Å². The average molecular weight is 373 g/mol. The Morgan fingerprint density at radius 2 is 1.82 bits per heavy atom. The molecule has 0 bridgehead atoms. The van der Waals surface area contributed by atoms with E-state index in [4.69, 9.17) is 14.2 Å². The Bertz CT molecular complexity index is 501. The largest absolute Gasteiger partial charge is 0.496 e. The number of rotatable bonds is 9. The Hall–Kier alpha value is -1.56. The third kappa shape index (κ3) is 6.93. The predicted octanol–water partition coefficient (Wildman–Crippen LogP) is 3.62. The van der Waals surface area contributed by atoms with Gasteiger partial charge in [0.15, 0.2) is 0 Å². The van der Waals surface area contributed by atoms with Crippen LogP contribution in [0.15, 0.2) is 22.7 Å². The molecular weight excluding hydrogens is 352 g/mol. The third-order valence-electron chi connectivity index (χ3n) is 2.93. The number of benzene rings is 1. The zero-order valence-electron chi connectivity index (χ0n) is 12.9. The van der Waals surface area contributed by atoms with Crippen LogP contribution in [-0.4, -0.2) is 25.7 Å². The number of methoxy groups -OCH3 is 1. The summed E-state index contributed by atoms with van der Waals surface area (Å²) in [5, 5.41) is 0. The fraction of sp³-hybridized carbons (Fsp3) is 0.500. The molecule has 0 unspecified atom stereocenters. The van der Waals surface area contributed by atoms with E-state index in [1.807, 2.05) is 19.1 Å². The van der Waals surface area contributed by atoms with Gasteiger partial charge in [0.2, 0.25) is 0 Å². The molecule has 122 valence electrons. The highest BCUT2D eigenvalue weighted by atomic mass is 79.9. The van der Waals surface area contributed by atoms with Crippen LogP contribution in [0.3, 0.4) is 0 Å². The standard InChI is InChI=1S/C16H21BrO5/c1-3-4-9-21-15(18)7-8-16(19)22-11-12-10-13(17)5-6-14(12)20-2/h5-6,10H,3-4,7-9,11H2,1-2H3. The Kier molecular flexibility index (Phi) is 8.58. The minimum atomic E-state index is -0.436. The summed E-state index contributed by atoms with van der Waals surface area (Å²) < 4.78 is 16.2. The van der Waals surface area contributed by atoms with Crippen molar-refractivity contribution in [2.45, 2.75) is 39.2 Å². The molecule has 1 aromatic carbocycles. The molecule has 0 atom stereocenters. The quantitative estimate of drug-likeness (QED) is 0.489. The molecule has 5 nitrogen and oxygen atoms in total. The number of ether oxygens (including phenoxy) is 3. The number of carbonyl (C=O) groups excluding carboxylic acids is 2. The molecule has 1 rings (SSSR count). The van der Waals surface area contributed by atoms with Crippen LogP contribution in [-0.2, 0) is 25.7 Å². The normalized spacial score (nSPS) is 10.1. The van der Waals surface area contributed by atoms with Crippen LogP contribution in [0.5, 0.6) is 5.75 Å². The minimum absolute atomic E-state index is 0.0152.